The summed E-state index contributed by atoms with van der Waals surface area (Å²) in [6.45, 7) is 3.54. The molecule has 0 saturated carbocycles. The van der Waals surface area contributed by atoms with Gasteiger partial charge in [-0.2, -0.15) is 0 Å². The molecule has 2 aromatic carbocycles. The van der Waals surface area contributed by atoms with E-state index in [1.54, 1.807) is 60.5 Å². The summed E-state index contributed by atoms with van der Waals surface area (Å²) < 4.78 is 36.0. The molecule has 0 unspecified atom stereocenters. The van der Waals surface area contributed by atoms with Crippen molar-refractivity contribution in [2.45, 2.75) is 25.5 Å². The zero-order valence-corrected chi connectivity index (χ0v) is 20.2. The third kappa shape index (κ3) is 5.27. The summed E-state index contributed by atoms with van der Waals surface area (Å²) in [7, 11) is 3.70. The highest BCUT2D eigenvalue weighted by Gasteiger charge is 2.32. The third-order valence-corrected chi connectivity index (χ3v) is 6.40. The number of pyridine rings is 1. The van der Waals surface area contributed by atoms with Gasteiger partial charge in [-0.25, -0.2) is 13.8 Å². The van der Waals surface area contributed by atoms with Crippen LogP contribution in [0.1, 0.15) is 34.8 Å². The van der Waals surface area contributed by atoms with Crippen molar-refractivity contribution in [2.24, 2.45) is 0 Å². The summed E-state index contributed by atoms with van der Waals surface area (Å²) in [5.41, 5.74) is 0.289. The van der Waals surface area contributed by atoms with E-state index in [1.165, 1.54) is 12.1 Å². The minimum atomic E-state index is -0.996. The number of aromatic nitrogens is 1. The van der Waals surface area contributed by atoms with Crippen molar-refractivity contribution >= 4 is 11.7 Å². The van der Waals surface area contributed by atoms with Crippen LogP contribution in [0.15, 0.2) is 60.8 Å². The summed E-state index contributed by atoms with van der Waals surface area (Å²) in [4.78, 5) is 21.0. The van der Waals surface area contributed by atoms with E-state index in [2.05, 4.69) is 10.3 Å². The van der Waals surface area contributed by atoms with Crippen LogP contribution in [0, 0.1) is 11.6 Å². The molecule has 1 N–H and O–H groups in total. The maximum absolute atomic E-state index is 15.2. The number of anilines is 1. The van der Waals surface area contributed by atoms with Crippen LogP contribution in [-0.2, 0) is 12.1 Å². The van der Waals surface area contributed by atoms with Crippen molar-refractivity contribution < 1.29 is 18.3 Å². The number of fused-ring (bicyclic) bond motifs is 1. The molecule has 6 nitrogen and oxygen atoms in total. The van der Waals surface area contributed by atoms with Crippen molar-refractivity contribution in [2.75, 3.05) is 38.6 Å². The molecule has 3 aromatic rings. The highest BCUT2D eigenvalue weighted by Crippen LogP contribution is 2.34. The number of hydrogen-bond donors (Lipinski definition) is 1. The number of carbonyl (C=O) groups excluding carboxylic acids is 1. The Labute approximate surface area is 204 Å². The predicted octanol–water partition coefficient (Wildman–Crippen LogP) is 4.36. The summed E-state index contributed by atoms with van der Waals surface area (Å²) >= 11 is 0. The average molecular weight is 481 g/mol. The van der Waals surface area contributed by atoms with Crippen LogP contribution in [0.2, 0.25) is 0 Å². The Bertz CT molecular complexity index is 1210. The second-order valence-electron chi connectivity index (χ2n) is 8.94. The largest absolute Gasteiger partial charge is 0.483 e. The van der Waals surface area contributed by atoms with Crippen LogP contribution < -0.4 is 15.0 Å². The van der Waals surface area contributed by atoms with Gasteiger partial charge >= 0.3 is 0 Å². The van der Waals surface area contributed by atoms with Crippen LogP contribution in [0.5, 0.6) is 5.75 Å². The molecule has 1 atom stereocenters. The SMILES string of the molecule is CNCC[C@@](C)(Oc1ccc(CN2CCN(C)c3ncccc3C2=O)c(F)c1)c1ccccc1F. The molecule has 0 radical (unpaired) electrons. The first kappa shape index (κ1) is 24.6. The Hall–Kier alpha value is -3.52. The molecular weight excluding hydrogens is 450 g/mol. The number of ether oxygens (including phenoxy) is 1. The molecule has 1 aliphatic heterocycles. The van der Waals surface area contributed by atoms with Crippen molar-refractivity contribution in [1.82, 2.24) is 15.2 Å². The fraction of sp³-hybridized carbons (Fsp3) is 0.333. The Balaban J connectivity index is 1.55. The lowest BCUT2D eigenvalue weighted by molar-refractivity contribution is 0.0731. The van der Waals surface area contributed by atoms with Gasteiger partial charge < -0.3 is 19.9 Å². The van der Waals surface area contributed by atoms with Gasteiger partial charge in [0.15, 0.2) is 0 Å². The van der Waals surface area contributed by atoms with Gasteiger partial charge in [0.25, 0.3) is 5.91 Å². The van der Waals surface area contributed by atoms with E-state index >= 15 is 4.39 Å². The molecule has 184 valence electrons. The van der Waals surface area contributed by atoms with E-state index in [0.29, 0.717) is 54.3 Å². The van der Waals surface area contributed by atoms with E-state index in [-0.39, 0.29) is 18.3 Å². The normalized spacial score (nSPS) is 15.4. The zero-order chi connectivity index (χ0) is 25.0. The highest BCUT2D eigenvalue weighted by molar-refractivity contribution is 5.99. The first-order chi connectivity index (χ1) is 16.8. The number of likely N-dealkylation sites (N-methyl/N-ethyl adjacent to an activating group) is 1. The Morgan fingerprint density at radius 2 is 1.89 bits per heavy atom. The molecular formula is C27H30F2N4O2. The average Bonchev–Trinajstić information content (AvgIpc) is 2.97. The summed E-state index contributed by atoms with van der Waals surface area (Å²) in [6.07, 6.45) is 2.14. The number of hydrogen-bond acceptors (Lipinski definition) is 5. The maximum atomic E-state index is 15.2. The Kier molecular flexibility index (Phi) is 7.31. The first-order valence-corrected chi connectivity index (χ1v) is 11.6. The second-order valence-corrected chi connectivity index (χ2v) is 8.94. The van der Waals surface area contributed by atoms with Crippen LogP contribution in [0.25, 0.3) is 0 Å². The molecule has 35 heavy (non-hydrogen) atoms. The Morgan fingerprint density at radius 3 is 2.63 bits per heavy atom. The molecule has 0 aliphatic carbocycles. The molecule has 4 rings (SSSR count). The summed E-state index contributed by atoms with van der Waals surface area (Å²) in [5, 5.41) is 3.06. The number of carbonyl (C=O) groups is 1. The van der Waals surface area contributed by atoms with E-state index in [9.17, 15) is 9.18 Å². The van der Waals surface area contributed by atoms with Crippen LogP contribution >= 0.6 is 0 Å². The van der Waals surface area contributed by atoms with Gasteiger partial charge in [-0.15, -0.1) is 0 Å². The van der Waals surface area contributed by atoms with Gasteiger partial charge in [-0.3, -0.25) is 4.79 Å². The van der Waals surface area contributed by atoms with Gasteiger partial charge in [0.1, 0.15) is 28.8 Å². The molecule has 1 aromatic heterocycles. The van der Waals surface area contributed by atoms with Crippen LogP contribution in [0.4, 0.5) is 14.6 Å². The van der Waals surface area contributed by atoms with E-state index in [0.717, 1.165) is 0 Å². The quantitative estimate of drug-likeness (QED) is 0.519. The molecule has 0 bridgehead atoms. The van der Waals surface area contributed by atoms with Gasteiger partial charge in [0, 0.05) is 56.5 Å². The Morgan fingerprint density at radius 1 is 1.09 bits per heavy atom. The number of benzene rings is 2. The van der Waals surface area contributed by atoms with Crippen molar-refractivity contribution in [3.63, 3.8) is 0 Å². The lowest BCUT2D eigenvalue weighted by Crippen LogP contribution is -2.34. The van der Waals surface area contributed by atoms with Gasteiger partial charge in [0.05, 0.1) is 5.56 Å². The molecule has 0 fully saturated rings. The summed E-state index contributed by atoms with van der Waals surface area (Å²) in [6, 6.07) is 14.5. The number of amides is 1. The summed E-state index contributed by atoms with van der Waals surface area (Å²) in [5.74, 6) is -0.120. The van der Waals surface area contributed by atoms with Crippen molar-refractivity contribution in [1.29, 1.82) is 0 Å². The minimum absolute atomic E-state index is 0.122. The molecule has 1 aliphatic rings. The topological polar surface area (TPSA) is 57.7 Å². The van der Waals surface area contributed by atoms with E-state index in [1.807, 2.05) is 19.0 Å². The molecule has 8 heteroatoms. The second kappa shape index (κ2) is 10.4. The molecule has 1 amide bonds. The van der Waals surface area contributed by atoms with Gasteiger partial charge in [-0.1, -0.05) is 24.3 Å². The number of halogens is 2. The molecule has 0 saturated heterocycles. The smallest absolute Gasteiger partial charge is 0.257 e. The van der Waals surface area contributed by atoms with Gasteiger partial charge in [0.2, 0.25) is 0 Å². The minimum Gasteiger partial charge on any atom is -0.483 e. The predicted molar refractivity (Wildman–Crippen MR) is 132 cm³/mol. The lowest BCUT2D eigenvalue weighted by atomic mass is 9.91. The molecule has 0 spiro atoms. The monoisotopic (exact) mass is 480 g/mol. The van der Waals surface area contributed by atoms with Crippen molar-refractivity contribution in [3.05, 3.63) is 89.1 Å². The fourth-order valence-electron chi connectivity index (χ4n) is 4.35. The number of nitrogens with zero attached hydrogens (tertiary/aromatic N) is 3. The maximum Gasteiger partial charge on any atom is 0.257 e. The van der Waals surface area contributed by atoms with Crippen LogP contribution in [-0.4, -0.2) is 49.5 Å². The van der Waals surface area contributed by atoms with Crippen LogP contribution in [0.3, 0.4) is 0 Å². The lowest BCUT2D eigenvalue weighted by Gasteiger charge is -2.32. The van der Waals surface area contributed by atoms with E-state index < -0.39 is 11.4 Å². The number of nitrogens with one attached hydrogen (secondary N) is 1. The standard InChI is InChI=1S/C27H30F2N4O2/c1-27(12-14-30-2,22-8-4-5-9-23(22)28)35-20-11-10-19(24(29)17-20)18-33-16-15-32(3)25-21(26(33)34)7-6-13-31-25/h4-11,13,17,30H,12,14-16,18H2,1-3H3/t27-/m1/s1. The first-order valence-electron chi connectivity index (χ1n) is 11.6. The van der Waals surface area contributed by atoms with E-state index in [4.69, 9.17) is 4.74 Å². The van der Waals surface area contributed by atoms with Gasteiger partial charge in [-0.05, 0) is 44.8 Å². The van der Waals surface area contributed by atoms with Crippen molar-refractivity contribution in [3.8, 4) is 5.75 Å². The number of rotatable bonds is 8. The zero-order valence-electron chi connectivity index (χ0n) is 20.2. The highest BCUT2D eigenvalue weighted by atomic mass is 19.1. The fourth-order valence-corrected chi connectivity index (χ4v) is 4.35. The third-order valence-electron chi connectivity index (χ3n) is 6.40. The molecule has 2 heterocycles.